The number of aromatic nitrogens is 3. The van der Waals surface area contributed by atoms with Gasteiger partial charge in [0, 0.05) is 17.7 Å². The van der Waals surface area contributed by atoms with Crippen molar-refractivity contribution >= 4 is 10.0 Å². The van der Waals surface area contributed by atoms with Gasteiger partial charge in [0.25, 0.3) is 10.0 Å². The second-order valence-corrected chi connectivity index (χ2v) is 8.58. The fourth-order valence-corrected chi connectivity index (χ4v) is 3.99. The highest BCUT2D eigenvalue weighted by atomic mass is 32.2. The third-order valence-corrected chi connectivity index (χ3v) is 5.80. The SMILES string of the molecule is CC1(C)[C@H](c2ccc(S(N)(=O)=O)nc2)[C@H]1c1nc(-c2ccccc2)no1. The molecular formula is C18H18N4O3S. The molecule has 134 valence electrons. The van der Waals surface area contributed by atoms with Crippen LogP contribution in [0.5, 0.6) is 0 Å². The molecule has 1 saturated carbocycles. The summed E-state index contributed by atoms with van der Waals surface area (Å²) in [4.78, 5) is 8.53. The molecule has 0 amide bonds. The van der Waals surface area contributed by atoms with E-state index in [0.717, 1.165) is 11.1 Å². The Morgan fingerprint density at radius 3 is 2.42 bits per heavy atom. The van der Waals surface area contributed by atoms with Crippen LogP contribution in [0.25, 0.3) is 11.4 Å². The minimum Gasteiger partial charge on any atom is -0.339 e. The number of nitrogens with two attached hydrogens (primary N) is 1. The van der Waals surface area contributed by atoms with E-state index in [1.165, 1.54) is 6.07 Å². The zero-order valence-corrected chi connectivity index (χ0v) is 15.1. The summed E-state index contributed by atoms with van der Waals surface area (Å²) in [6.07, 6.45) is 1.56. The van der Waals surface area contributed by atoms with Gasteiger partial charge < -0.3 is 4.52 Å². The predicted octanol–water partition coefficient (Wildman–Crippen LogP) is 2.69. The van der Waals surface area contributed by atoms with Gasteiger partial charge >= 0.3 is 0 Å². The van der Waals surface area contributed by atoms with Crippen molar-refractivity contribution in [3.05, 3.63) is 60.1 Å². The normalized spacial score (nSPS) is 21.5. The van der Waals surface area contributed by atoms with Gasteiger partial charge in [-0.2, -0.15) is 4.98 Å². The van der Waals surface area contributed by atoms with Crippen LogP contribution in [0.1, 0.15) is 37.1 Å². The number of hydrogen-bond donors (Lipinski definition) is 1. The summed E-state index contributed by atoms with van der Waals surface area (Å²) in [6, 6.07) is 12.8. The second-order valence-electron chi connectivity index (χ2n) is 7.07. The van der Waals surface area contributed by atoms with Crippen LogP contribution >= 0.6 is 0 Å². The van der Waals surface area contributed by atoms with Crippen molar-refractivity contribution < 1.29 is 12.9 Å². The smallest absolute Gasteiger partial charge is 0.255 e. The van der Waals surface area contributed by atoms with Crippen molar-refractivity contribution in [1.29, 1.82) is 0 Å². The Balaban J connectivity index is 1.62. The Bertz CT molecular complexity index is 1040. The summed E-state index contributed by atoms with van der Waals surface area (Å²) in [7, 11) is -3.80. The molecule has 1 aromatic carbocycles. The summed E-state index contributed by atoms with van der Waals surface area (Å²) >= 11 is 0. The van der Waals surface area contributed by atoms with Gasteiger partial charge in [-0.25, -0.2) is 18.5 Å². The third kappa shape index (κ3) is 2.81. The largest absolute Gasteiger partial charge is 0.339 e. The maximum atomic E-state index is 11.4. The standard InChI is InChI=1S/C18H18N4O3S/c1-18(2)14(12-8-9-13(20-10-12)26(19,23)24)15(18)17-21-16(22-25-17)11-6-4-3-5-7-11/h3-10,14-15H,1-2H3,(H2,19,23,24)/t14-,15+/m1/s1. The zero-order valence-electron chi connectivity index (χ0n) is 14.3. The molecule has 7 nitrogen and oxygen atoms in total. The topological polar surface area (TPSA) is 112 Å². The van der Waals surface area contributed by atoms with Crippen LogP contribution < -0.4 is 5.14 Å². The van der Waals surface area contributed by atoms with E-state index >= 15 is 0 Å². The molecule has 8 heteroatoms. The highest BCUT2D eigenvalue weighted by Crippen LogP contribution is 2.69. The summed E-state index contributed by atoms with van der Waals surface area (Å²) in [5.74, 6) is 1.31. The predicted molar refractivity (Wildman–Crippen MR) is 94.6 cm³/mol. The second kappa shape index (κ2) is 5.72. The number of primary sulfonamides is 1. The summed E-state index contributed by atoms with van der Waals surface area (Å²) in [5, 5.41) is 9.06. The van der Waals surface area contributed by atoms with Crippen molar-refractivity contribution in [3.63, 3.8) is 0 Å². The molecule has 1 aliphatic carbocycles. The maximum absolute atomic E-state index is 11.4. The molecule has 0 saturated heterocycles. The lowest BCUT2D eigenvalue weighted by molar-refractivity contribution is 0.368. The summed E-state index contributed by atoms with van der Waals surface area (Å²) in [6.45, 7) is 4.23. The van der Waals surface area contributed by atoms with E-state index < -0.39 is 10.0 Å². The Labute approximate surface area is 151 Å². The Morgan fingerprint density at radius 1 is 1.08 bits per heavy atom. The number of sulfonamides is 1. The fourth-order valence-electron chi connectivity index (χ4n) is 3.53. The number of pyridine rings is 1. The van der Waals surface area contributed by atoms with Gasteiger partial charge in [-0.3, -0.25) is 0 Å². The van der Waals surface area contributed by atoms with Crippen molar-refractivity contribution in [2.45, 2.75) is 30.7 Å². The monoisotopic (exact) mass is 370 g/mol. The Morgan fingerprint density at radius 2 is 1.81 bits per heavy atom. The van der Waals surface area contributed by atoms with E-state index in [4.69, 9.17) is 9.66 Å². The van der Waals surface area contributed by atoms with Crippen LogP contribution in [-0.2, 0) is 10.0 Å². The lowest BCUT2D eigenvalue weighted by Gasteiger charge is -2.03. The van der Waals surface area contributed by atoms with Gasteiger partial charge in [-0.15, -0.1) is 0 Å². The summed E-state index contributed by atoms with van der Waals surface area (Å²) in [5.41, 5.74) is 1.73. The lowest BCUT2D eigenvalue weighted by atomic mass is 10.1. The van der Waals surface area contributed by atoms with Crippen LogP contribution in [0.4, 0.5) is 0 Å². The minimum absolute atomic E-state index is 0.0506. The van der Waals surface area contributed by atoms with E-state index in [-0.39, 0.29) is 22.3 Å². The van der Waals surface area contributed by atoms with Gasteiger partial charge in [-0.05, 0) is 17.0 Å². The zero-order chi connectivity index (χ0) is 18.5. The molecule has 0 aliphatic heterocycles. The van der Waals surface area contributed by atoms with Crippen LogP contribution in [-0.4, -0.2) is 23.5 Å². The van der Waals surface area contributed by atoms with E-state index in [1.54, 1.807) is 12.3 Å². The van der Waals surface area contributed by atoms with Gasteiger partial charge in [0.1, 0.15) is 0 Å². The Hall–Kier alpha value is -2.58. The molecule has 2 atom stereocenters. The van der Waals surface area contributed by atoms with Crippen LogP contribution in [0, 0.1) is 5.41 Å². The molecular weight excluding hydrogens is 352 g/mol. The first-order valence-corrected chi connectivity index (χ1v) is 9.71. The third-order valence-electron chi connectivity index (χ3n) is 4.98. The fraction of sp³-hybridized carbons (Fsp3) is 0.278. The van der Waals surface area contributed by atoms with Crippen molar-refractivity contribution in [2.75, 3.05) is 0 Å². The number of hydrogen-bond acceptors (Lipinski definition) is 6. The molecule has 4 rings (SSSR count). The lowest BCUT2D eigenvalue weighted by Crippen LogP contribution is -2.13. The molecule has 2 aromatic heterocycles. The molecule has 0 bridgehead atoms. The molecule has 0 radical (unpaired) electrons. The van der Waals surface area contributed by atoms with Gasteiger partial charge in [0.05, 0.1) is 5.92 Å². The van der Waals surface area contributed by atoms with Gasteiger partial charge in [0.2, 0.25) is 11.7 Å². The number of benzene rings is 1. The van der Waals surface area contributed by atoms with E-state index in [0.29, 0.717) is 11.7 Å². The molecule has 1 fully saturated rings. The first-order chi connectivity index (χ1) is 12.3. The molecule has 2 N–H and O–H groups in total. The van der Waals surface area contributed by atoms with Crippen molar-refractivity contribution in [2.24, 2.45) is 10.6 Å². The number of rotatable bonds is 4. The first kappa shape index (κ1) is 16.9. The molecule has 0 spiro atoms. The van der Waals surface area contributed by atoms with Crippen molar-refractivity contribution in [3.8, 4) is 11.4 Å². The van der Waals surface area contributed by atoms with E-state index in [9.17, 15) is 8.42 Å². The van der Waals surface area contributed by atoms with E-state index in [2.05, 4.69) is 29.0 Å². The van der Waals surface area contributed by atoms with Crippen LogP contribution in [0.2, 0.25) is 0 Å². The van der Waals surface area contributed by atoms with Crippen molar-refractivity contribution in [1.82, 2.24) is 15.1 Å². The number of nitrogens with zero attached hydrogens (tertiary/aromatic N) is 3. The summed E-state index contributed by atoms with van der Waals surface area (Å²) < 4.78 is 28.2. The first-order valence-electron chi connectivity index (χ1n) is 8.16. The molecule has 26 heavy (non-hydrogen) atoms. The molecule has 3 aromatic rings. The van der Waals surface area contributed by atoms with Gasteiger partial charge in [-0.1, -0.05) is 55.4 Å². The minimum atomic E-state index is -3.80. The average molecular weight is 370 g/mol. The molecule has 0 unspecified atom stereocenters. The van der Waals surface area contributed by atoms with Gasteiger partial charge in [0.15, 0.2) is 5.03 Å². The highest BCUT2D eigenvalue weighted by Gasteiger charge is 2.62. The Kier molecular flexibility index (Phi) is 3.71. The van der Waals surface area contributed by atoms with E-state index in [1.807, 2.05) is 30.3 Å². The quantitative estimate of drug-likeness (QED) is 0.755. The van der Waals surface area contributed by atoms with Crippen LogP contribution in [0.3, 0.4) is 0 Å². The highest BCUT2D eigenvalue weighted by molar-refractivity contribution is 7.89. The molecule has 1 aliphatic rings. The molecule has 2 heterocycles. The maximum Gasteiger partial charge on any atom is 0.255 e. The van der Waals surface area contributed by atoms with Crippen LogP contribution in [0.15, 0.2) is 58.2 Å². The average Bonchev–Trinajstić information content (AvgIpc) is 2.95.